The second kappa shape index (κ2) is 8.08. The fourth-order valence-corrected chi connectivity index (χ4v) is 6.34. The van der Waals surface area contributed by atoms with E-state index in [0.29, 0.717) is 42.2 Å². The minimum Gasteiger partial charge on any atom is -0.367 e. The maximum Gasteiger partial charge on any atom is 0.291 e. The number of anilines is 1. The Kier molecular flexibility index (Phi) is 5.59. The summed E-state index contributed by atoms with van der Waals surface area (Å²) in [5.41, 5.74) is 0.638. The van der Waals surface area contributed by atoms with E-state index in [2.05, 4.69) is 30.1 Å². The van der Waals surface area contributed by atoms with Crippen molar-refractivity contribution in [1.29, 1.82) is 0 Å². The molecule has 0 amide bonds. The molecule has 5 rings (SSSR count). The Balaban J connectivity index is 1.71. The third-order valence-electron chi connectivity index (χ3n) is 5.87. The summed E-state index contributed by atoms with van der Waals surface area (Å²) in [6, 6.07) is 1.78. The molecule has 2 fully saturated rings. The molecular weight excluding hydrogens is 496 g/mol. The lowest BCUT2D eigenvalue weighted by molar-refractivity contribution is 0.150. The number of piperazine rings is 1. The highest BCUT2D eigenvalue weighted by atomic mass is 35.5. The van der Waals surface area contributed by atoms with Gasteiger partial charge in [-0.15, -0.1) is 10.2 Å². The number of fused-ring (bicyclic) bond motifs is 1. The zero-order chi connectivity index (χ0) is 23.5. The Hall–Kier alpha value is -1.93. The number of nitrogens with one attached hydrogen (secondary N) is 2. The molecule has 2 aliphatic rings. The molecule has 33 heavy (non-hydrogen) atoms. The Labute approximate surface area is 198 Å². The highest BCUT2D eigenvalue weighted by Crippen LogP contribution is 2.39. The van der Waals surface area contributed by atoms with Crippen molar-refractivity contribution in [2.75, 3.05) is 24.5 Å². The summed E-state index contributed by atoms with van der Waals surface area (Å²) in [5, 5.41) is 10.5. The van der Waals surface area contributed by atoms with Crippen LogP contribution in [0.1, 0.15) is 38.1 Å². The fourth-order valence-electron chi connectivity index (χ4n) is 3.90. The van der Waals surface area contributed by atoms with Crippen LogP contribution in [-0.4, -0.2) is 59.2 Å². The van der Waals surface area contributed by atoms with Gasteiger partial charge in [0.15, 0.2) is 21.0 Å². The second-order valence-electron chi connectivity index (χ2n) is 8.72. The minimum atomic E-state index is -3.86. The predicted octanol–water partition coefficient (Wildman–Crippen LogP) is 3.07. The lowest BCUT2D eigenvalue weighted by Gasteiger charge is -2.34. The van der Waals surface area contributed by atoms with Crippen molar-refractivity contribution in [3.63, 3.8) is 0 Å². The van der Waals surface area contributed by atoms with Gasteiger partial charge in [0.2, 0.25) is 10.0 Å². The molecule has 3 aromatic rings. The summed E-state index contributed by atoms with van der Waals surface area (Å²) < 4.78 is 57.0. The van der Waals surface area contributed by atoms with E-state index in [0.717, 1.165) is 12.8 Å². The molecule has 0 radical (unpaired) electrons. The van der Waals surface area contributed by atoms with E-state index in [1.165, 1.54) is 10.6 Å². The van der Waals surface area contributed by atoms with Crippen molar-refractivity contribution in [1.82, 2.24) is 29.6 Å². The van der Waals surface area contributed by atoms with Crippen LogP contribution in [0.3, 0.4) is 0 Å². The molecule has 1 saturated heterocycles. The van der Waals surface area contributed by atoms with Gasteiger partial charge in [-0.05, 0) is 32.8 Å². The largest absolute Gasteiger partial charge is 0.367 e. The lowest BCUT2D eigenvalue weighted by atomic mass is 10.2. The third-order valence-corrected chi connectivity index (χ3v) is 8.66. The summed E-state index contributed by atoms with van der Waals surface area (Å²) in [6.07, 6.45) is 0.172. The molecular formula is C19H22ClF2N7O2S2. The number of halogens is 3. The molecule has 1 atom stereocenters. The van der Waals surface area contributed by atoms with E-state index in [4.69, 9.17) is 11.6 Å². The average Bonchev–Trinajstić information content (AvgIpc) is 3.14. The SMILES string of the molecule is C[C@H]1CN(c2cc(S(=O)(=O)NC3(C)CC3)cn3c(-c4nnc(C(F)F)s4)nc(Cl)c23)CCN1. The maximum atomic E-state index is 13.2. The van der Waals surface area contributed by atoms with Crippen molar-refractivity contribution < 1.29 is 17.2 Å². The first-order valence-electron chi connectivity index (χ1n) is 10.4. The highest BCUT2D eigenvalue weighted by molar-refractivity contribution is 7.89. The fraction of sp³-hybridized carbons (Fsp3) is 0.526. The molecule has 2 N–H and O–H groups in total. The Morgan fingerprint density at radius 3 is 2.76 bits per heavy atom. The Bertz CT molecular complexity index is 1320. The minimum absolute atomic E-state index is 0.0400. The van der Waals surface area contributed by atoms with Crippen LogP contribution in [0, 0.1) is 0 Å². The van der Waals surface area contributed by atoms with Gasteiger partial charge in [-0.25, -0.2) is 26.9 Å². The van der Waals surface area contributed by atoms with Gasteiger partial charge in [-0.2, -0.15) is 0 Å². The summed E-state index contributed by atoms with van der Waals surface area (Å²) >= 11 is 7.20. The Morgan fingerprint density at radius 2 is 2.12 bits per heavy atom. The molecule has 0 spiro atoms. The number of hydrogen-bond donors (Lipinski definition) is 2. The first-order chi connectivity index (χ1) is 15.6. The van der Waals surface area contributed by atoms with Crippen molar-refractivity contribution >= 4 is 44.2 Å². The number of pyridine rings is 1. The first-order valence-corrected chi connectivity index (χ1v) is 13.1. The average molecular weight is 518 g/mol. The monoisotopic (exact) mass is 517 g/mol. The van der Waals surface area contributed by atoms with Crippen LogP contribution in [0.2, 0.25) is 5.15 Å². The normalized spacial score (nSPS) is 20.7. The lowest BCUT2D eigenvalue weighted by Crippen LogP contribution is -2.49. The number of alkyl halides is 2. The maximum absolute atomic E-state index is 13.2. The zero-order valence-electron chi connectivity index (χ0n) is 17.8. The summed E-state index contributed by atoms with van der Waals surface area (Å²) in [7, 11) is -3.86. The third kappa shape index (κ3) is 4.32. The van der Waals surface area contributed by atoms with Gasteiger partial charge in [-0.1, -0.05) is 22.9 Å². The predicted molar refractivity (Wildman–Crippen MR) is 122 cm³/mol. The summed E-state index contributed by atoms with van der Waals surface area (Å²) in [5.74, 6) is 0.165. The van der Waals surface area contributed by atoms with Gasteiger partial charge in [0, 0.05) is 37.4 Å². The smallest absolute Gasteiger partial charge is 0.291 e. The number of rotatable bonds is 6. The highest BCUT2D eigenvalue weighted by Gasteiger charge is 2.41. The van der Waals surface area contributed by atoms with Crippen molar-refractivity contribution in [3.05, 3.63) is 22.4 Å². The van der Waals surface area contributed by atoms with E-state index >= 15 is 0 Å². The summed E-state index contributed by atoms with van der Waals surface area (Å²) in [6.45, 7) is 5.88. The van der Waals surface area contributed by atoms with Crippen molar-refractivity contribution in [3.8, 4) is 10.8 Å². The van der Waals surface area contributed by atoms with Crippen molar-refractivity contribution in [2.45, 2.75) is 49.6 Å². The van der Waals surface area contributed by atoms with Gasteiger partial charge < -0.3 is 10.2 Å². The summed E-state index contributed by atoms with van der Waals surface area (Å²) in [4.78, 5) is 6.44. The van der Waals surface area contributed by atoms with Crippen LogP contribution in [0.5, 0.6) is 0 Å². The van der Waals surface area contributed by atoms with Gasteiger partial charge in [-0.3, -0.25) is 4.40 Å². The van der Waals surface area contributed by atoms with Gasteiger partial charge in [0.1, 0.15) is 10.4 Å². The van der Waals surface area contributed by atoms with Gasteiger partial charge in [0.25, 0.3) is 6.43 Å². The molecule has 3 aromatic heterocycles. The van der Waals surface area contributed by atoms with Crippen LogP contribution in [0.4, 0.5) is 14.5 Å². The Morgan fingerprint density at radius 1 is 1.36 bits per heavy atom. The van der Waals surface area contributed by atoms with Crippen LogP contribution >= 0.6 is 22.9 Å². The molecule has 14 heteroatoms. The molecule has 1 saturated carbocycles. The van der Waals surface area contributed by atoms with Crippen LogP contribution in [0.25, 0.3) is 16.3 Å². The van der Waals surface area contributed by atoms with Crippen LogP contribution in [-0.2, 0) is 10.0 Å². The van der Waals surface area contributed by atoms with E-state index in [9.17, 15) is 17.2 Å². The molecule has 0 aromatic carbocycles. The molecule has 1 aliphatic heterocycles. The topological polar surface area (TPSA) is 105 Å². The van der Waals surface area contributed by atoms with E-state index in [1.807, 2.05) is 13.8 Å². The molecule has 0 unspecified atom stereocenters. The van der Waals surface area contributed by atoms with E-state index in [1.54, 1.807) is 6.07 Å². The van der Waals surface area contributed by atoms with Crippen molar-refractivity contribution in [2.24, 2.45) is 0 Å². The van der Waals surface area contributed by atoms with Crippen LogP contribution in [0.15, 0.2) is 17.2 Å². The number of sulfonamides is 1. The number of aromatic nitrogens is 4. The first kappa shape index (κ1) is 22.8. The molecule has 4 heterocycles. The molecule has 9 nitrogen and oxygen atoms in total. The quantitative estimate of drug-likeness (QED) is 0.517. The zero-order valence-corrected chi connectivity index (χ0v) is 20.2. The van der Waals surface area contributed by atoms with Gasteiger partial charge >= 0.3 is 0 Å². The van der Waals surface area contributed by atoms with E-state index in [-0.39, 0.29) is 26.9 Å². The standard InChI is InChI=1S/C19H22ClF2N7O2S2/c1-10-8-28(6-5-23-10)12-7-11(33(30,31)27-19(2)3-4-19)9-29-13(12)14(20)24-16(29)18-26-25-17(32-18)15(21)22/h7,9-10,15,23,27H,3-6,8H2,1-2H3/t10-/m0/s1. The van der Waals surface area contributed by atoms with Gasteiger partial charge in [0.05, 0.1) is 5.69 Å². The molecule has 178 valence electrons. The number of imidazole rings is 1. The number of nitrogens with zero attached hydrogens (tertiary/aromatic N) is 5. The second-order valence-corrected chi connectivity index (χ2v) is 11.8. The van der Waals surface area contributed by atoms with Crippen LogP contribution < -0.4 is 14.9 Å². The molecule has 0 bridgehead atoms. The molecule has 1 aliphatic carbocycles. The number of hydrogen-bond acceptors (Lipinski definition) is 8. The van der Waals surface area contributed by atoms with E-state index < -0.39 is 27.0 Å².